The van der Waals surface area contributed by atoms with E-state index >= 15 is 0 Å². The fraction of sp³-hybridized carbons (Fsp3) is 0.250. The van der Waals surface area contributed by atoms with E-state index in [1.807, 2.05) is 24.3 Å². The lowest BCUT2D eigenvalue weighted by atomic mass is 10.2. The maximum absolute atomic E-state index is 10.7. The Morgan fingerprint density at radius 2 is 2.17 bits per heavy atom. The lowest BCUT2D eigenvalue weighted by molar-refractivity contribution is 0.676. The molecule has 0 saturated heterocycles. The number of hydrogen-bond donors (Lipinski definition) is 2. The highest BCUT2D eigenvalue weighted by Gasteiger charge is 1.96. The predicted molar refractivity (Wildman–Crippen MR) is 51.8 cm³/mol. The SMILES string of the molecule is CS(=O)NCc1ccccc1N. The molecular formula is C8H12N2OS. The van der Waals surface area contributed by atoms with Crippen LogP contribution in [0.1, 0.15) is 5.56 Å². The van der Waals surface area contributed by atoms with Gasteiger partial charge in [-0.15, -0.1) is 0 Å². The largest absolute Gasteiger partial charge is 0.398 e. The van der Waals surface area contributed by atoms with Gasteiger partial charge < -0.3 is 5.73 Å². The minimum absolute atomic E-state index is 0.551. The fourth-order valence-electron chi connectivity index (χ4n) is 0.875. The van der Waals surface area contributed by atoms with Crippen LogP contribution in [0.25, 0.3) is 0 Å². The summed E-state index contributed by atoms with van der Waals surface area (Å²) >= 11 is 0. The van der Waals surface area contributed by atoms with Gasteiger partial charge in [-0.1, -0.05) is 18.2 Å². The van der Waals surface area contributed by atoms with Gasteiger partial charge in [-0.25, -0.2) is 8.93 Å². The van der Waals surface area contributed by atoms with Crippen molar-refractivity contribution in [2.75, 3.05) is 12.0 Å². The predicted octanol–water partition coefficient (Wildman–Crippen LogP) is 0.652. The molecule has 1 atom stereocenters. The number of nitrogens with two attached hydrogens (primary N) is 1. The molecular weight excluding hydrogens is 172 g/mol. The normalized spacial score (nSPS) is 12.8. The molecule has 0 fully saturated rings. The van der Waals surface area contributed by atoms with Gasteiger partial charge in [-0.2, -0.15) is 0 Å². The fourth-order valence-corrected chi connectivity index (χ4v) is 1.23. The highest BCUT2D eigenvalue weighted by Crippen LogP contribution is 2.09. The smallest absolute Gasteiger partial charge is 0.0886 e. The lowest BCUT2D eigenvalue weighted by Crippen LogP contribution is -2.15. The van der Waals surface area contributed by atoms with Crippen molar-refractivity contribution in [2.45, 2.75) is 6.54 Å². The summed E-state index contributed by atoms with van der Waals surface area (Å²) in [5, 5.41) is 0. The van der Waals surface area contributed by atoms with Crippen molar-refractivity contribution in [3.05, 3.63) is 29.8 Å². The van der Waals surface area contributed by atoms with Crippen LogP contribution < -0.4 is 10.5 Å². The Bertz CT molecular complexity index is 288. The van der Waals surface area contributed by atoms with Crippen LogP contribution in [0.3, 0.4) is 0 Å². The standard InChI is InChI=1S/C8H12N2OS/c1-12(11)10-6-7-4-2-3-5-8(7)9/h2-5,10H,6,9H2,1H3. The Labute approximate surface area is 74.6 Å². The molecule has 0 bridgehead atoms. The van der Waals surface area contributed by atoms with Gasteiger partial charge >= 0.3 is 0 Å². The molecule has 66 valence electrons. The van der Waals surface area contributed by atoms with Crippen LogP contribution in [-0.4, -0.2) is 10.5 Å². The van der Waals surface area contributed by atoms with Crippen LogP contribution in [-0.2, 0) is 17.5 Å². The maximum atomic E-state index is 10.7. The van der Waals surface area contributed by atoms with Crippen molar-refractivity contribution in [1.82, 2.24) is 4.72 Å². The highest BCUT2D eigenvalue weighted by atomic mass is 32.2. The van der Waals surface area contributed by atoms with E-state index in [1.165, 1.54) is 0 Å². The monoisotopic (exact) mass is 184 g/mol. The summed E-state index contributed by atoms with van der Waals surface area (Å²) in [6, 6.07) is 7.53. The van der Waals surface area contributed by atoms with E-state index in [-0.39, 0.29) is 0 Å². The average Bonchev–Trinajstić information content (AvgIpc) is 2.03. The average molecular weight is 184 g/mol. The molecule has 0 heterocycles. The van der Waals surface area contributed by atoms with Crippen molar-refractivity contribution in [1.29, 1.82) is 0 Å². The van der Waals surface area contributed by atoms with E-state index in [0.717, 1.165) is 11.3 Å². The Morgan fingerprint density at radius 3 is 2.75 bits per heavy atom. The van der Waals surface area contributed by atoms with Crippen LogP contribution >= 0.6 is 0 Å². The lowest BCUT2D eigenvalue weighted by Gasteiger charge is -2.03. The van der Waals surface area contributed by atoms with E-state index in [1.54, 1.807) is 6.26 Å². The number of anilines is 1. The summed E-state index contributed by atoms with van der Waals surface area (Å²) in [6.45, 7) is 0.551. The molecule has 0 saturated carbocycles. The van der Waals surface area contributed by atoms with Crippen molar-refractivity contribution in [3.63, 3.8) is 0 Å². The van der Waals surface area contributed by atoms with Gasteiger partial charge in [0.15, 0.2) is 0 Å². The second-order valence-electron chi connectivity index (χ2n) is 2.47. The molecule has 0 aliphatic heterocycles. The second-order valence-corrected chi connectivity index (χ2v) is 3.67. The van der Waals surface area contributed by atoms with Gasteiger partial charge in [-0.3, -0.25) is 0 Å². The number of para-hydroxylation sites is 1. The first-order chi connectivity index (χ1) is 5.70. The second kappa shape index (κ2) is 4.23. The van der Waals surface area contributed by atoms with Gasteiger partial charge in [-0.05, 0) is 11.6 Å². The summed E-state index contributed by atoms with van der Waals surface area (Å²) in [4.78, 5) is 0. The number of rotatable bonds is 3. The van der Waals surface area contributed by atoms with E-state index in [2.05, 4.69) is 4.72 Å². The van der Waals surface area contributed by atoms with Gasteiger partial charge in [0.25, 0.3) is 0 Å². The highest BCUT2D eigenvalue weighted by molar-refractivity contribution is 7.82. The molecule has 12 heavy (non-hydrogen) atoms. The third-order valence-electron chi connectivity index (χ3n) is 1.52. The molecule has 4 heteroatoms. The molecule has 0 amide bonds. The third kappa shape index (κ3) is 2.64. The van der Waals surface area contributed by atoms with Crippen LogP contribution in [0.4, 0.5) is 5.69 Å². The molecule has 1 aromatic carbocycles. The van der Waals surface area contributed by atoms with Gasteiger partial charge in [0.05, 0.1) is 11.0 Å². The minimum Gasteiger partial charge on any atom is -0.398 e. The van der Waals surface area contributed by atoms with Gasteiger partial charge in [0, 0.05) is 18.5 Å². The molecule has 3 N–H and O–H groups in total. The minimum atomic E-state index is -0.980. The topological polar surface area (TPSA) is 55.1 Å². The van der Waals surface area contributed by atoms with Crippen molar-refractivity contribution < 1.29 is 4.21 Å². The van der Waals surface area contributed by atoms with Crippen LogP contribution in [0.15, 0.2) is 24.3 Å². The zero-order valence-electron chi connectivity index (χ0n) is 6.91. The van der Waals surface area contributed by atoms with Gasteiger partial charge in [0.1, 0.15) is 0 Å². The number of benzene rings is 1. The summed E-state index contributed by atoms with van der Waals surface area (Å²) in [7, 11) is -0.980. The number of nitrogens with one attached hydrogen (secondary N) is 1. The quantitative estimate of drug-likeness (QED) is 0.678. The Balaban J connectivity index is 2.63. The first kappa shape index (κ1) is 9.22. The summed E-state index contributed by atoms with van der Waals surface area (Å²) in [5.74, 6) is 0. The molecule has 0 spiro atoms. The molecule has 0 aliphatic rings. The zero-order chi connectivity index (χ0) is 8.97. The van der Waals surface area contributed by atoms with Crippen LogP contribution in [0.5, 0.6) is 0 Å². The van der Waals surface area contributed by atoms with Gasteiger partial charge in [0.2, 0.25) is 0 Å². The summed E-state index contributed by atoms with van der Waals surface area (Å²) in [6.07, 6.45) is 1.60. The Morgan fingerprint density at radius 1 is 1.50 bits per heavy atom. The number of nitrogen functional groups attached to an aromatic ring is 1. The zero-order valence-corrected chi connectivity index (χ0v) is 7.73. The molecule has 1 aromatic rings. The summed E-state index contributed by atoms with van der Waals surface area (Å²) in [5.41, 5.74) is 7.38. The summed E-state index contributed by atoms with van der Waals surface area (Å²) < 4.78 is 13.5. The van der Waals surface area contributed by atoms with Crippen LogP contribution in [0, 0.1) is 0 Å². The first-order valence-corrected chi connectivity index (χ1v) is 5.16. The Hall–Kier alpha value is -0.870. The van der Waals surface area contributed by atoms with Crippen molar-refractivity contribution in [3.8, 4) is 0 Å². The van der Waals surface area contributed by atoms with E-state index in [4.69, 9.17) is 5.73 Å². The van der Waals surface area contributed by atoms with Crippen molar-refractivity contribution >= 4 is 16.7 Å². The molecule has 1 unspecified atom stereocenters. The molecule has 0 aliphatic carbocycles. The van der Waals surface area contributed by atoms with E-state index in [0.29, 0.717) is 6.54 Å². The molecule has 3 nitrogen and oxygen atoms in total. The number of hydrogen-bond acceptors (Lipinski definition) is 2. The first-order valence-electron chi connectivity index (χ1n) is 3.60. The Kier molecular flexibility index (Phi) is 3.25. The molecule has 0 radical (unpaired) electrons. The maximum Gasteiger partial charge on any atom is 0.0886 e. The third-order valence-corrected chi connectivity index (χ3v) is 2.07. The van der Waals surface area contributed by atoms with Crippen LogP contribution in [0.2, 0.25) is 0 Å². The van der Waals surface area contributed by atoms with Crippen molar-refractivity contribution in [2.24, 2.45) is 0 Å². The molecule has 1 rings (SSSR count). The van der Waals surface area contributed by atoms with E-state index in [9.17, 15) is 4.21 Å². The van der Waals surface area contributed by atoms with E-state index < -0.39 is 11.0 Å². The molecule has 0 aromatic heterocycles.